The molecule has 6 nitrogen and oxygen atoms in total. The van der Waals surface area contributed by atoms with Crippen molar-refractivity contribution in [2.24, 2.45) is 68.5 Å². The van der Waals surface area contributed by atoms with E-state index < -0.39 is 0 Å². The van der Waals surface area contributed by atoms with Crippen LogP contribution in [0.25, 0.3) is 0 Å². The first-order valence-electron chi connectivity index (χ1n) is 19.1. The second-order valence-electron chi connectivity index (χ2n) is 18.9. The monoisotopic (exact) mass is 636 g/mol. The van der Waals surface area contributed by atoms with E-state index in [1.54, 1.807) is 0 Å². The molecule has 2 N–H and O–H groups in total. The van der Waals surface area contributed by atoms with E-state index in [0.717, 1.165) is 44.9 Å². The van der Waals surface area contributed by atoms with Crippen LogP contribution in [0.3, 0.4) is 0 Å². The molecule has 0 aromatic heterocycles. The number of ether oxygens (including phenoxy) is 1. The summed E-state index contributed by atoms with van der Waals surface area (Å²) in [5.41, 5.74) is 1.41. The van der Waals surface area contributed by atoms with Gasteiger partial charge in [-0.15, -0.1) is 0 Å². The Morgan fingerprint density at radius 2 is 1.59 bits per heavy atom. The third-order valence-electron chi connectivity index (χ3n) is 17.3. The first kappa shape index (κ1) is 33.1. The van der Waals surface area contributed by atoms with Gasteiger partial charge in [0, 0.05) is 25.0 Å². The van der Waals surface area contributed by atoms with E-state index in [2.05, 4.69) is 60.4 Å². The minimum Gasteiger partial charge on any atom is -0.393 e. The molecule has 0 radical (unpaired) electrons. The van der Waals surface area contributed by atoms with Crippen molar-refractivity contribution in [3.8, 4) is 0 Å². The van der Waals surface area contributed by atoms with E-state index in [0.29, 0.717) is 67.2 Å². The lowest BCUT2D eigenvalue weighted by Crippen LogP contribution is -2.68. The van der Waals surface area contributed by atoms with E-state index in [1.807, 2.05) is 4.90 Å². The highest BCUT2D eigenvalue weighted by Crippen LogP contribution is 2.77. The molecule has 0 aromatic rings. The molecular weight excluding hydrogens is 572 g/mol. The Morgan fingerprint density at radius 3 is 2.26 bits per heavy atom. The predicted octanol–water partition coefficient (Wildman–Crippen LogP) is 7.00. The molecule has 6 aliphatic carbocycles. The minimum absolute atomic E-state index is 0.0364. The maximum absolute atomic E-state index is 14.8. The van der Waals surface area contributed by atoms with Crippen LogP contribution in [-0.4, -0.2) is 60.3 Å². The summed E-state index contributed by atoms with van der Waals surface area (Å²) < 4.78 is 5.49. The molecular formula is C40H64N2O4. The highest BCUT2D eigenvalue weighted by Gasteiger charge is 2.71. The number of aliphatic hydroxyl groups is 1. The molecule has 258 valence electrons. The summed E-state index contributed by atoms with van der Waals surface area (Å²) in [6, 6.07) is 0.0364. The lowest BCUT2D eigenvalue weighted by molar-refractivity contribution is -0.234. The van der Waals surface area contributed by atoms with E-state index >= 15 is 0 Å². The number of allylic oxidation sites excluding steroid dienone is 1. The predicted molar refractivity (Wildman–Crippen MR) is 182 cm³/mol. The maximum Gasteiger partial charge on any atom is 0.226 e. The van der Waals surface area contributed by atoms with Crippen molar-refractivity contribution in [3.63, 3.8) is 0 Å². The molecule has 2 amide bonds. The number of carbonyl (C=O) groups is 2. The van der Waals surface area contributed by atoms with Crippen molar-refractivity contribution in [3.05, 3.63) is 12.2 Å². The van der Waals surface area contributed by atoms with E-state index in [4.69, 9.17) is 4.74 Å². The zero-order valence-corrected chi connectivity index (χ0v) is 30.1. The van der Waals surface area contributed by atoms with Crippen LogP contribution in [0, 0.1) is 68.5 Å². The van der Waals surface area contributed by atoms with Crippen LogP contribution >= 0.6 is 0 Å². The number of amides is 2. The second-order valence-corrected chi connectivity index (χ2v) is 18.9. The van der Waals surface area contributed by atoms with Gasteiger partial charge in [-0.3, -0.25) is 9.59 Å². The molecule has 0 bridgehead atoms. The number of rotatable bonds is 4. The first-order valence-corrected chi connectivity index (χ1v) is 19.1. The van der Waals surface area contributed by atoms with Gasteiger partial charge in [-0.05, 0) is 135 Å². The van der Waals surface area contributed by atoms with Gasteiger partial charge >= 0.3 is 0 Å². The van der Waals surface area contributed by atoms with E-state index in [-0.39, 0.29) is 51.5 Å². The number of carbonyl (C=O) groups excluding carboxylic acids is 2. The summed E-state index contributed by atoms with van der Waals surface area (Å²) >= 11 is 0. The van der Waals surface area contributed by atoms with Crippen LogP contribution in [0.4, 0.5) is 0 Å². The summed E-state index contributed by atoms with van der Waals surface area (Å²) in [6.45, 7) is 23.9. The SMILES string of the molecule is C=C(C)C1CCC2(C(=O)NC3CC(C(=O)N4CCOCC4)C3(C)C)CCC3(C)C(CCC4C5(C)CCC(O)C(C)C5CCC43C)C12. The van der Waals surface area contributed by atoms with Crippen molar-refractivity contribution < 1.29 is 19.4 Å². The normalized spacial score (nSPS) is 51.0. The topological polar surface area (TPSA) is 78.9 Å². The summed E-state index contributed by atoms with van der Waals surface area (Å²) in [6.07, 6.45) is 11.8. The van der Waals surface area contributed by atoms with Crippen LogP contribution in [-0.2, 0) is 14.3 Å². The number of nitrogens with zero attached hydrogens (tertiary/aromatic N) is 1. The van der Waals surface area contributed by atoms with Crippen LogP contribution in [0.2, 0.25) is 0 Å². The molecule has 6 saturated carbocycles. The molecule has 7 rings (SSSR count). The second kappa shape index (κ2) is 11.1. The smallest absolute Gasteiger partial charge is 0.226 e. The molecule has 1 aliphatic heterocycles. The maximum atomic E-state index is 14.8. The number of fused-ring (bicyclic) bond motifs is 7. The van der Waals surface area contributed by atoms with Crippen molar-refractivity contribution in [1.29, 1.82) is 0 Å². The fourth-order valence-corrected chi connectivity index (χ4v) is 14.0. The third kappa shape index (κ3) is 4.39. The Kier molecular flexibility index (Phi) is 7.96. The van der Waals surface area contributed by atoms with Crippen molar-refractivity contribution in [1.82, 2.24) is 10.2 Å². The van der Waals surface area contributed by atoms with Gasteiger partial charge in [0.1, 0.15) is 0 Å². The van der Waals surface area contributed by atoms with E-state index in [9.17, 15) is 14.7 Å². The Labute approximate surface area is 279 Å². The van der Waals surface area contributed by atoms with Crippen LogP contribution in [0.1, 0.15) is 119 Å². The molecule has 13 atom stereocenters. The molecule has 7 aliphatic rings. The van der Waals surface area contributed by atoms with Gasteiger partial charge in [-0.1, -0.05) is 53.7 Å². The number of hydrogen-bond acceptors (Lipinski definition) is 4. The molecule has 0 spiro atoms. The molecule has 13 unspecified atom stereocenters. The Morgan fingerprint density at radius 1 is 0.870 bits per heavy atom. The Hall–Kier alpha value is -1.40. The van der Waals surface area contributed by atoms with Crippen molar-refractivity contribution in [2.45, 2.75) is 131 Å². The molecule has 6 heteroatoms. The average Bonchev–Trinajstić information content (AvgIpc) is 3.43. The third-order valence-corrected chi connectivity index (χ3v) is 17.3. The fourth-order valence-electron chi connectivity index (χ4n) is 14.0. The van der Waals surface area contributed by atoms with E-state index in [1.165, 1.54) is 31.3 Å². The number of aliphatic hydroxyl groups excluding tert-OH is 1. The van der Waals surface area contributed by atoms with Crippen molar-refractivity contribution in [2.75, 3.05) is 26.3 Å². The lowest BCUT2D eigenvalue weighted by Gasteiger charge is -2.72. The van der Waals surface area contributed by atoms with Crippen LogP contribution in [0.5, 0.6) is 0 Å². The average molecular weight is 637 g/mol. The lowest BCUT2D eigenvalue weighted by atomic mass is 9.33. The van der Waals surface area contributed by atoms with Crippen molar-refractivity contribution >= 4 is 11.8 Å². The van der Waals surface area contributed by atoms with Gasteiger partial charge < -0.3 is 20.1 Å². The zero-order chi connectivity index (χ0) is 33.0. The highest BCUT2D eigenvalue weighted by atomic mass is 16.5. The molecule has 0 aromatic carbocycles. The number of nitrogens with one attached hydrogen (secondary N) is 1. The zero-order valence-electron chi connectivity index (χ0n) is 30.1. The quantitative estimate of drug-likeness (QED) is 0.326. The van der Waals surface area contributed by atoms with Crippen LogP contribution < -0.4 is 5.32 Å². The summed E-state index contributed by atoms with van der Waals surface area (Å²) in [5.74, 6) is 3.41. The van der Waals surface area contributed by atoms with Gasteiger partial charge in [0.2, 0.25) is 11.8 Å². The number of morpholine rings is 1. The summed E-state index contributed by atoms with van der Waals surface area (Å²) in [5, 5.41) is 14.5. The molecule has 46 heavy (non-hydrogen) atoms. The first-order chi connectivity index (χ1) is 21.6. The molecule has 1 saturated heterocycles. The van der Waals surface area contributed by atoms with Gasteiger partial charge in [-0.25, -0.2) is 0 Å². The summed E-state index contributed by atoms with van der Waals surface area (Å²) in [4.78, 5) is 30.2. The standard InChI is InChI=1S/C40H64N2O4/c1-24(2)26-11-16-40(35(45)41-32-23-29(36(32,4)5)34(44)42-19-21-46-22-20-42)18-17-38(7)28(33(26)40)9-10-31-37(6)14-13-30(43)25(3)27(37)12-15-39(31,38)8/h25-33,43H,1,9-23H2,2-8H3,(H,41,45). The summed E-state index contributed by atoms with van der Waals surface area (Å²) in [7, 11) is 0. The molecule has 7 fully saturated rings. The largest absolute Gasteiger partial charge is 0.393 e. The Balaban J connectivity index is 1.14. The Bertz CT molecular complexity index is 1260. The highest BCUT2D eigenvalue weighted by molar-refractivity contribution is 5.86. The van der Waals surface area contributed by atoms with Gasteiger partial charge in [0.25, 0.3) is 0 Å². The minimum atomic E-state index is -0.336. The van der Waals surface area contributed by atoms with Gasteiger partial charge in [0.05, 0.1) is 24.7 Å². The number of hydrogen-bond donors (Lipinski definition) is 2. The molecule has 1 heterocycles. The fraction of sp³-hybridized carbons (Fsp3) is 0.900. The van der Waals surface area contributed by atoms with Crippen LogP contribution in [0.15, 0.2) is 12.2 Å². The van der Waals surface area contributed by atoms with Gasteiger partial charge in [-0.2, -0.15) is 0 Å². The van der Waals surface area contributed by atoms with Gasteiger partial charge in [0.15, 0.2) is 0 Å².